The number of amides is 2. The second kappa shape index (κ2) is 13.6. The normalized spacial score (nSPS) is 12.8. The van der Waals surface area contributed by atoms with Crippen molar-refractivity contribution in [3.05, 3.63) is 95.3 Å². The number of hydrogen-bond donors (Lipinski definition) is 1. The van der Waals surface area contributed by atoms with Crippen LogP contribution in [0.4, 0.5) is 10.1 Å². The predicted octanol–water partition coefficient (Wildman–Crippen LogP) is 5.36. The van der Waals surface area contributed by atoms with Crippen molar-refractivity contribution >= 4 is 27.5 Å². The zero-order valence-electron chi connectivity index (χ0n) is 23.7. The molecule has 9 heteroatoms. The molecule has 0 radical (unpaired) electrons. The Morgan fingerprint density at radius 3 is 2.00 bits per heavy atom. The number of carbonyl (C=O) groups is 2. The van der Waals surface area contributed by atoms with Crippen molar-refractivity contribution in [2.75, 3.05) is 10.8 Å². The van der Waals surface area contributed by atoms with Crippen LogP contribution in [0.2, 0.25) is 0 Å². The van der Waals surface area contributed by atoms with E-state index < -0.39 is 34.3 Å². The largest absolute Gasteiger partial charge is 0.352 e. The molecule has 0 heterocycles. The van der Waals surface area contributed by atoms with Crippen LogP contribution in [0.3, 0.4) is 0 Å². The Morgan fingerprint density at radius 1 is 0.875 bits per heavy atom. The van der Waals surface area contributed by atoms with Crippen LogP contribution in [0.25, 0.3) is 0 Å². The molecule has 0 aliphatic carbocycles. The van der Waals surface area contributed by atoms with Crippen LogP contribution in [0.5, 0.6) is 0 Å². The summed E-state index contributed by atoms with van der Waals surface area (Å²) in [6.45, 7) is 8.80. The van der Waals surface area contributed by atoms with E-state index in [0.29, 0.717) is 12.8 Å². The lowest BCUT2D eigenvalue weighted by atomic mass is 10.1. The van der Waals surface area contributed by atoms with E-state index >= 15 is 4.39 Å². The minimum atomic E-state index is -4.33. The minimum absolute atomic E-state index is 0.0687. The van der Waals surface area contributed by atoms with Gasteiger partial charge in [-0.15, -0.1) is 0 Å². The quantitative estimate of drug-likeness (QED) is 0.319. The molecule has 0 aromatic heterocycles. The molecule has 7 nitrogen and oxygen atoms in total. The summed E-state index contributed by atoms with van der Waals surface area (Å²) in [6.07, 6.45) is 1.02. The third kappa shape index (κ3) is 7.47. The molecule has 0 bridgehead atoms. The van der Waals surface area contributed by atoms with Crippen LogP contribution in [-0.4, -0.2) is 43.8 Å². The third-order valence-electron chi connectivity index (χ3n) is 6.87. The monoisotopic (exact) mass is 567 g/mol. The first-order valence-corrected chi connectivity index (χ1v) is 14.9. The van der Waals surface area contributed by atoms with Gasteiger partial charge in [-0.3, -0.25) is 13.9 Å². The van der Waals surface area contributed by atoms with Crippen LogP contribution in [-0.2, 0) is 26.2 Å². The summed E-state index contributed by atoms with van der Waals surface area (Å²) in [7, 11) is -4.33. The summed E-state index contributed by atoms with van der Waals surface area (Å²) < 4.78 is 43.4. The molecular weight excluding hydrogens is 529 g/mol. The summed E-state index contributed by atoms with van der Waals surface area (Å²) in [5.74, 6) is -1.72. The van der Waals surface area contributed by atoms with Gasteiger partial charge in [0.05, 0.1) is 10.6 Å². The Morgan fingerprint density at radius 2 is 1.45 bits per heavy atom. The van der Waals surface area contributed by atoms with Gasteiger partial charge >= 0.3 is 0 Å². The molecule has 0 saturated heterocycles. The molecular formula is C31H38FN3O4S. The van der Waals surface area contributed by atoms with E-state index in [-0.39, 0.29) is 29.1 Å². The number of benzene rings is 3. The second-order valence-corrected chi connectivity index (χ2v) is 11.9. The van der Waals surface area contributed by atoms with E-state index in [0.717, 1.165) is 27.1 Å². The maximum atomic E-state index is 15.0. The zero-order valence-corrected chi connectivity index (χ0v) is 24.5. The van der Waals surface area contributed by atoms with Crippen molar-refractivity contribution < 1.29 is 22.4 Å². The van der Waals surface area contributed by atoms with Crippen molar-refractivity contribution in [1.29, 1.82) is 0 Å². The van der Waals surface area contributed by atoms with Crippen LogP contribution in [0.1, 0.15) is 50.3 Å². The summed E-state index contributed by atoms with van der Waals surface area (Å²) in [5.41, 5.74) is 2.43. The van der Waals surface area contributed by atoms with Crippen LogP contribution < -0.4 is 9.62 Å². The highest BCUT2D eigenvalue weighted by molar-refractivity contribution is 7.92. The van der Waals surface area contributed by atoms with E-state index in [9.17, 15) is 18.0 Å². The van der Waals surface area contributed by atoms with E-state index in [4.69, 9.17) is 0 Å². The first-order valence-electron chi connectivity index (χ1n) is 13.5. The standard InChI is InChI=1S/C31H38FN3O4S/c1-6-24(5)33-31(37)28(7-2)34(20-25-16-12-22(3)13-17-25)30(36)21-35(29-11-9-8-10-27(29)32)40(38,39)26-18-14-23(4)15-19-26/h8-19,24,28H,6-7,20-21H2,1-5H3,(H,33,37)/t24-,28-/m1/s1. The third-order valence-corrected chi connectivity index (χ3v) is 8.64. The highest BCUT2D eigenvalue weighted by Crippen LogP contribution is 2.27. The fraction of sp³-hybridized carbons (Fsp3) is 0.355. The highest BCUT2D eigenvalue weighted by atomic mass is 32.2. The number of aryl methyl sites for hydroxylation is 2. The molecule has 2 atom stereocenters. The maximum Gasteiger partial charge on any atom is 0.264 e. The van der Waals surface area contributed by atoms with Gasteiger partial charge < -0.3 is 10.2 Å². The lowest BCUT2D eigenvalue weighted by Gasteiger charge is -2.33. The molecule has 40 heavy (non-hydrogen) atoms. The molecule has 3 aromatic carbocycles. The van der Waals surface area contributed by atoms with E-state index in [1.165, 1.54) is 35.2 Å². The number of nitrogens with zero attached hydrogens (tertiary/aromatic N) is 2. The Labute approximate surface area is 237 Å². The van der Waals surface area contributed by atoms with E-state index in [1.54, 1.807) is 19.1 Å². The summed E-state index contributed by atoms with van der Waals surface area (Å²) in [6, 6.07) is 18.2. The summed E-state index contributed by atoms with van der Waals surface area (Å²) in [5, 5.41) is 2.94. The molecule has 2 amide bonds. The number of sulfonamides is 1. The van der Waals surface area contributed by atoms with Crippen LogP contribution >= 0.6 is 0 Å². The number of anilines is 1. The van der Waals surface area contributed by atoms with Crippen molar-refractivity contribution in [2.24, 2.45) is 0 Å². The van der Waals surface area contributed by atoms with Crippen molar-refractivity contribution in [3.63, 3.8) is 0 Å². The zero-order chi connectivity index (χ0) is 29.4. The number of carbonyl (C=O) groups excluding carboxylic acids is 2. The molecule has 0 spiro atoms. The van der Waals surface area contributed by atoms with Gasteiger partial charge in [0.2, 0.25) is 11.8 Å². The molecule has 0 fully saturated rings. The van der Waals surface area contributed by atoms with Gasteiger partial charge in [0.25, 0.3) is 10.0 Å². The first-order chi connectivity index (χ1) is 19.0. The second-order valence-electron chi connectivity index (χ2n) is 10.0. The SMILES string of the molecule is CC[C@@H](C)NC(=O)[C@@H](CC)N(Cc1ccc(C)cc1)C(=O)CN(c1ccccc1F)S(=O)(=O)c1ccc(C)cc1. The number of nitrogens with one attached hydrogen (secondary N) is 1. The Balaban J connectivity index is 2.06. The van der Waals surface area contributed by atoms with Gasteiger partial charge in [0, 0.05) is 12.6 Å². The van der Waals surface area contributed by atoms with Crippen molar-refractivity contribution in [3.8, 4) is 0 Å². The Hall–Kier alpha value is -3.72. The van der Waals surface area contributed by atoms with Crippen LogP contribution in [0.15, 0.2) is 77.7 Å². The van der Waals surface area contributed by atoms with Crippen molar-refractivity contribution in [1.82, 2.24) is 10.2 Å². The summed E-state index contributed by atoms with van der Waals surface area (Å²) in [4.78, 5) is 28.6. The number of hydrogen-bond acceptors (Lipinski definition) is 4. The van der Waals surface area contributed by atoms with Gasteiger partial charge in [-0.2, -0.15) is 0 Å². The van der Waals surface area contributed by atoms with Gasteiger partial charge in [0.15, 0.2) is 0 Å². The average Bonchev–Trinajstić information content (AvgIpc) is 2.93. The Bertz CT molecular complexity index is 1410. The summed E-state index contributed by atoms with van der Waals surface area (Å²) >= 11 is 0. The van der Waals surface area contributed by atoms with Crippen LogP contribution in [0, 0.1) is 19.7 Å². The predicted molar refractivity (Wildman–Crippen MR) is 156 cm³/mol. The fourth-order valence-corrected chi connectivity index (χ4v) is 5.68. The minimum Gasteiger partial charge on any atom is -0.352 e. The van der Waals surface area contributed by atoms with Gasteiger partial charge in [-0.25, -0.2) is 12.8 Å². The molecule has 214 valence electrons. The average molecular weight is 568 g/mol. The Kier molecular flexibility index (Phi) is 10.5. The number of para-hydroxylation sites is 1. The fourth-order valence-electron chi connectivity index (χ4n) is 4.26. The smallest absolute Gasteiger partial charge is 0.264 e. The topological polar surface area (TPSA) is 86.8 Å². The molecule has 3 rings (SSSR count). The lowest BCUT2D eigenvalue weighted by Crippen LogP contribution is -2.53. The van der Waals surface area contributed by atoms with Gasteiger partial charge in [-0.1, -0.05) is 73.5 Å². The highest BCUT2D eigenvalue weighted by Gasteiger charge is 2.34. The van der Waals surface area contributed by atoms with Gasteiger partial charge in [-0.05, 0) is 63.4 Å². The van der Waals surface area contributed by atoms with E-state index in [1.807, 2.05) is 52.0 Å². The molecule has 0 aliphatic heterocycles. The number of halogens is 1. The van der Waals surface area contributed by atoms with E-state index in [2.05, 4.69) is 5.32 Å². The number of rotatable bonds is 12. The first kappa shape index (κ1) is 30.8. The maximum absolute atomic E-state index is 15.0. The molecule has 0 aliphatic rings. The van der Waals surface area contributed by atoms with Crippen molar-refractivity contribution in [2.45, 2.75) is 71.0 Å². The lowest BCUT2D eigenvalue weighted by molar-refractivity contribution is -0.140. The molecule has 1 N–H and O–H groups in total. The van der Waals surface area contributed by atoms with Gasteiger partial charge in [0.1, 0.15) is 18.4 Å². The molecule has 0 saturated carbocycles. The molecule has 0 unspecified atom stereocenters. The molecule has 3 aromatic rings.